The van der Waals surface area contributed by atoms with Gasteiger partial charge in [-0.25, -0.2) is 4.68 Å². The first kappa shape index (κ1) is 12.7. The van der Waals surface area contributed by atoms with Gasteiger partial charge in [0.2, 0.25) is 0 Å². The maximum Gasteiger partial charge on any atom is 0.151 e. The Morgan fingerprint density at radius 3 is 2.40 bits per heavy atom. The molecule has 0 amide bonds. The molecule has 4 aliphatic rings. The summed E-state index contributed by atoms with van der Waals surface area (Å²) in [5, 5.41) is 12.6. The number of rotatable bonds is 4. The van der Waals surface area contributed by atoms with Crippen LogP contribution in [0.5, 0.6) is 0 Å². The molecule has 20 heavy (non-hydrogen) atoms. The Morgan fingerprint density at radius 2 is 1.80 bits per heavy atom. The minimum atomic E-state index is 0.455. The molecule has 110 valence electrons. The van der Waals surface area contributed by atoms with Gasteiger partial charge in [-0.3, -0.25) is 0 Å². The molecule has 1 aromatic heterocycles. The van der Waals surface area contributed by atoms with E-state index in [0.29, 0.717) is 18.5 Å². The Kier molecular flexibility index (Phi) is 3.05. The van der Waals surface area contributed by atoms with Crippen LogP contribution in [0.25, 0.3) is 0 Å². The summed E-state index contributed by atoms with van der Waals surface area (Å²) in [6, 6.07) is 0.567. The van der Waals surface area contributed by atoms with E-state index in [2.05, 4.69) is 27.1 Å². The lowest BCUT2D eigenvalue weighted by Crippen LogP contribution is -2.46. The van der Waals surface area contributed by atoms with Crippen LogP contribution in [0.15, 0.2) is 0 Å². The smallest absolute Gasteiger partial charge is 0.151 e. The summed E-state index contributed by atoms with van der Waals surface area (Å²) in [6.07, 6.45) is 8.03. The van der Waals surface area contributed by atoms with Gasteiger partial charge in [-0.2, -0.15) is 0 Å². The van der Waals surface area contributed by atoms with Crippen molar-refractivity contribution in [3.8, 4) is 0 Å². The Balaban J connectivity index is 1.60. The van der Waals surface area contributed by atoms with E-state index >= 15 is 0 Å². The van der Waals surface area contributed by atoms with Gasteiger partial charge in [0.15, 0.2) is 5.82 Å². The predicted molar refractivity (Wildman–Crippen MR) is 75.8 cm³/mol. The Hall–Kier alpha value is -0.970. The topological polar surface area (TPSA) is 69.6 Å². The zero-order valence-corrected chi connectivity index (χ0v) is 12.3. The van der Waals surface area contributed by atoms with Crippen molar-refractivity contribution in [1.82, 2.24) is 20.2 Å². The van der Waals surface area contributed by atoms with E-state index in [4.69, 9.17) is 5.73 Å². The Morgan fingerprint density at radius 1 is 1.15 bits per heavy atom. The van der Waals surface area contributed by atoms with Crippen LogP contribution in [0.3, 0.4) is 0 Å². The first-order chi connectivity index (χ1) is 9.74. The minimum absolute atomic E-state index is 0.455. The van der Waals surface area contributed by atoms with Crippen molar-refractivity contribution in [3.63, 3.8) is 0 Å². The number of nitrogens with zero attached hydrogens (tertiary/aromatic N) is 4. The maximum absolute atomic E-state index is 5.76. The highest BCUT2D eigenvalue weighted by Gasteiger charge is 2.49. The van der Waals surface area contributed by atoms with Crippen LogP contribution >= 0.6 is 0 Å². The third kappa shape index (κ3) is 1.98. The number of tetrazole rings is 1. The van der Waals surface area contributed by atoms with Gasteiger partial charge in [-0.1, -0.05) is 6.92 Å². The zero-order chi connectivity index (χ0) is 13.7. The van der Waals surface area contributed by atoms with Crippen molar-refractivity contribution >= 4 is 0 Å². The van der Waals surface area contributed by atoms with Crippen molar-refractivity contribution in [1.29, 1.82) is 0 Å². The summed E-state index contributed by atoms with van der Waals surface area (Å²) in [7, 11) is 0. The highest BCUT2D eigenvalue weighted by Crippen LogP contribution is 2.58. The van der Waals surface area contributed by atoms with E-state index in [-0.39, 0.29) is 0 Å². The lowest BCUT2D eigenvalue weighted by atomic mass is 9.54. The van der Waals surface area contributed by atoms with Gasteiger partial charge in [0.1, 0.15) is 0 Å². The first-order valence-corrected chi connectivity index (χ1v) is 8.21. The monoisotopic (exact) mass is 275 g/mol. The van der Waals surface area contributed by atoms with Crippen molar-refractivity contribution < 1.29 is 0 Å². The first-order valence-electron chi connectivity index (χ1n) is 8.21. The van der Waals surface area contributed by atoms with E-state index in [0.717, 1.165) is 35.9 Å². The number of hydrogen-bond donors (Lipinski definition) is 1. The van der Waals surface area contributed by atoms with Crippen LogP contribution in [0.1, 0.15) is 50.9 Å². The minimum Gasteiger partial charge on any atom is -0.330 e. The van der Waals surface area contributed by atoms with Gasteiger partial charge < -0.3 is 5.73 Å². The molecule has 4 bridgehead atoms. The van der Waals surface area contributed by atoms with Crippen LogP contribution in [-0.2, 0) is 6.42 Å². The molecule has 1 heterocycles. The molecule has 4 aliphatic carbocycles. The Bertz CT molecular complexity index is 454. The van der Waals surface area contributed by atoms with Crippen LogP contribution in [0, 0.1) is 29.6 Å². The van der Waals surface area contributed by atoms with Gasteiger partial charge in [0, 0.05) is 6.42 Å². The summed E-state index contributed by atoms with van der Waals surface area (Å²) in [4.78, 5) is 0. The third-order valence-corrected chi connectivity index (χ3v) is 5.95. The van der Waals surface area contributed by atoms with E-state index in [1.807, 2.05) is 0 Å². The fourth-order valence-electron chi connectivity index (χ4n) is 5.27. The second-order valence-corrected chi connectivity index (χ2v) is 7.51. The van der Waals surface area contributed by atoms with Crippen molar-refractivity contribution in [2.24, 2.45) is 35.3 Å². The second-order valence-electron chi connectivity index (χ2n) is 7.51. The normalized spacial score (nSPS) is 40.2. The standard InChI is InChI=1S/C15H25N5/c1-9(8-16)2-14-17-18-19-20(14)15-12-4-10-3-11(6-12)7-13(15)5-10/h9-13,15H,2-8,16H2,1H3. The van der Waals surface area contributed by atoms with Gasteiger partial charge in [-0.05, 0) is 78.7 Å². The SMILES string of the molecule is CC(CN)Cc1nnnn1C1C2CC3CC(C2)CC1C3. The number of nitrogens with two attached hydrogens (primary N) is 1. The largest absolute Gasteiger partial charge is 0.330 e. The highest BCUT2D eigenvalue weighted by atomic mass is 15.6. The quantitative estimate of drug-likeness (QED) is 0.909. The molecular weight excluding hydrogens is 250 g/mol. The Labute approximate surface area is 120 Å². The fourth-order valence-corrected chi connectivity index (χ4v) is 5.27. The molecule has 0 saturated heterocycles. The third-order valence-electron chi connectivity index (χ3n) is 5.95. The predicted octanol–water partition coefficient (Wildman–Crippen LogP) is 1.81. The summed E-state index contributed by atoms with van der Waals surface area (Å²) < 4.78 is 2.18. The molecule has 1 atom stereocenters. The molecule has 4 saturated carbocycles. The fraction of sp³-hybridized carbons (Fsp3) is 0.933. The number of aromatic nitrogens is 4. The van der Waals surface area contributed by atoms with Gasteiger partial charge in [-0.15, -0.1) is 5.10 Å². The van der Waals surface area contributed by atoms with Gasteiger partial charge in [0.05, 0.1) is 6.04 Å². The molecular formula is C15H25N5. The summed E-state index contributed by atoms with van der Waals surface area (Å²) in [5.41, 5.74) is 5.76. The molecule has 1 aromatic rings. The molecule has 0 aromatic carbocycles. The van der Waals surface area contributed by atoms with E-state index in [9.17, 15) is 0 Å². The highest BCUT2D eigenvalue weighted by molar-refractivity contribution is 5.02. The molecule has 1 unspecified atom stereocenters. The lowest BCUT2D eigenvalue weighted by Gasteiger charge is -2.54. The van der Waals surface area contributed by atoms with Crippen LogP contribution in [0.4, 0.5) is 0 Å². The average Bonchev–Trinajstić information content (AvgIpc) is 2.85. The van der Waals surface area contributed by atoms with Gasteiger partial charge >= 0.3 is 0 Å². The molecule has 0 radical (unpaired) electrons. The molecule has 2 N–H and O–H groups in total. The summed E-state index contributed by atoms with van der Waals surface area (Å²) >= 11 is 0. The zero-order valence-electron chi connectivity index (χ0n) is 12.3. The molecule has 4 fully saturated rings. The van der Waals surface area contributed by atoms with Crippen molar-refractivity contribution in [3.05, 3.63) is 5.82 Å². The number of hydrogen-bond acceptors (Lipinski definition) is 4. The summed E-state index contributed by atoms with van der Waals surface area (Å²) in [5.74, 6) is 5.15. The molecule has 5 nitrogen and oxygen atoms in total. The average molecular weight is 275 g/mol. The van der Waals surface area contributed by atoms with Crippen molar-refractivity contribution in [2.45, 2.75) is 51.5 Å². The molecule has 0 spiro atoms. The molecule has 5 heteroatoms. The van der Waals surface area contributed by atoms with Crippen LogP contribution < -0.4 is 5.73 Å². The maximum atomic E-state index is 5.76. The summed E-state index contributed by atoms with van der Waals surface area (Å²) in [6.45, 7) is 2.88. The lowest BCUT2D eigenvalue weighted by molar-refractivity contribution is -0.0355. The van der Waals surface area contributed by atoms with E-state index in [1.54, 1.807) is 0 Å². The van der Waals surface area contributed by atoms with Crippen LogP contribution in [0.2, 0.25) is 0 Å². The van der Waals surface area contributed by atoms with E-state index in [1.165, 1.54) is 32.1 Å². The van der Waals surface area contributed by atoms with E-state index < -0.39 is 0 Å². The second kappa shape index (κ2) is 4.79. The van der Waals surface area contributed by atoms with Crippen molar-refractivity contribution in [2.75, 3.05) is 6.54 Å². The van der Waals surface area contributed by atoms with Crippen LogP contribution in [-0.4, -0.2) is 26.8 Å². The van der Waals surface area contributed by atoms with Gasteiger partial charge in [0.25, 0.3) is 0 Å². The molecule has 0 aliphatic heterocycles. The molecule has 5 rings (SSSR count).